The Hall–Kier alpha value is -2.57. The van der Waals surface area contributed by atoms with Crippen molar-refractivity contribution in [2.24, 2.45) is 5.16 Å². The van der Waals surface area contributed by atoms with Gasteiger partial charge in [0.15, 0.2) is 6.61 Å². The Morgan fingerprint density at radius 2 is 1.93 bits per heavy atom. The van der Waals surface area contributed by atoms with E-state index in [2.05, 4.69) is 10.5 Å². The largest absolute Gasteiger partial charge is 0.484 e. The Balaban J connectivity index is 1.66. The molecule has 27 heavy (non-hydrogen) atoms. The van der Waals surface area contributed by atoms with E-state index >= 15 is 0 Å². The predicted molar refractivity (Wildman–Crippen MR) is 101 cm³/mol. The molecule has 2 amide bonds. The van der Waals surface area contributed by atoms with Gasteiger partial charge < -0.3 is 19.8 Å². The number of hydrogen-bond acceptors (Lipinski definition) is 5. The molecule has 1 atom stereocenters. The summed E-state index contributed by atoms with van der Waals surface area (Å²) in [5.41, 5.74) is 0.265. The van der Waals surface area contributed by atoms with Gasteiger partial charge in [0, 0.05) is 12.5 Å². The van der Waals surface area contributed by atoms with Gasteiger partial charge in [-0.2, -0.15) is 0 Å². The van der Waals surface area contributed by atoms with E-state index in [9.17, 15) is 9.59 Å². The van der Waals surface area contributed by atoms with Crippen molar-refractivity contribution in [3.05, 3.63) is 30.3 Å². The molecule has 1 aliphatic heterocycles. The third-order valence-corrected chi connectivity index (χ3v) is 4.26. The number of rotatable bonds is 6. The number of carbonyl (C=O) groups excluding carboxylic acids is 2. The molecule has 2 aliphatic rings. The van der Waals surface area contributed by atoms with E-state index in [1.165, 1.54) is 4.90 Å². The van der Waals surface area contributed by atoms with Gasteiger partial charge in [0.05, 0.1) is 12.3 Å². The van der Waals surface area contributed by atoms with E-state index in [1.807, 2.05) is 39.0 Å². The lowest BCUT2D eigenvalue weighted by atomic mass is 10.2. The molecular formula is C20H27N3O4. The Morgan fingerprint density at radius 3 is 2.56 bits per heavy atom. The lowest BCUT2D eigenvalue weighted by Crippen LogP contribution is -2.47. The highest BCUT2D eigenvalue weighted by molar-refractivity contribution is 6.01. The Kier molecular flexibility index (Phi) is 5.68. The average Bonchev–Trinajstić information content (AvgIpc) is 3.33. The topological polar surface area (TPSA) is 80.2 Å². The number of amides is 2. The lowest BCUT2D eigenvalue weighted by Gasteiger charge is -2.23. The zero-order chi connectivity index (χ0) is 19.4. The Labute approximate surface area is 159 Å². The van der Waals surface area contributed by atoms with Crippen LogP contribution in [0.4, 0.5) is 0 Å². The fourth-order valence-corrected chi connectivity index (χ4v) is 2.74. The highest BCUT2D eigenvalue weighted by Gasteiger charge is 2.40. The maximum absolute atomic E-state index is 12.7. The molecule has 0 bridgehead atoms. The fraction of sp³-hybridized carbons (Fsp3) is 0.550. The van der Waals surface area contributed by atoms with Crippen LogP contribution in [0, 0.1) is 0 Å². The second kappa shape index (κ2) is 7.98. The summed E-state index contributed by atoms with van der Waals surface area (Å²) in [6.07, 6.45) is 2.38. The molecule has 1 saturated carbocycles. The van der Waals surface area contributed by atoms with Gasteiger partial charge in [-0.25, -0.2) is 0 Å². The molecule has 0 radical (unpaired) electrons. The number of nitrogens with zero attached hydrogens (tertiary/aromatic N) is 2. The van der Waals surface area contributed by atoms with Gasteiger partial charge in [0.1, 0.15) is 17.4 Å². The molecule has 7 nitrogen and oxygen atoms in total. The van der Waals surface area contributed by atoms with Crippen LogP contribution in [0.25, 0.3) is 0 Å². The molecule has 2 fully saturated rings. The molecule has 1 heterocycles. The molecule has 146 valence electrons. The maximum atomic E-state index is 12.7. The van der Waals surface area contributed by atoms with Crippen LogP contribution in [0.15, 0.2) is 35.5 Å². The van der Waals surface area contributed by atoms with Crippen LogP contribution in [0.3, 0.4) is 0 Å². The number of oxime groups is 1. The van der Waals surface area contributed by atoms with Gasteiger partial charge in [-0.05, 0) is 45.7 Å². The third-order valence-electron chi connectivity index (χ3n) is 4.26. The Morgan fingerprint density at radius 1 is 1.22 bits per heavy atom. The van der Waals surface area contributed by atoms with E-state index in [0.717, 1.165) is 12.8 Å². The van der Waals surface area contributed by atoms with E-state index < -0.39 is 11.6 Å². The van der Waals surface area contributed by atoms with Crippen LogP contribution >= 0.6 is 0 Å². The number of para-hydroxylation sites is 1. The molecule has 1 aliphatic carbocycles. The first kappa shape index (κ1) is 19.2. The molecular weight excluding hydrogens is 346 g/mol. The first-order valence-corrected chi connectivity index (χ1v) is 9.33. The third kappa shape index (κ3) is 5.70. The minimum Gasteiger partial charge on any atom is -0.484 e. The minimum atomic E-state index is -0.570. The smallest absolute Gasteiger partial charge is 0.261 e. The highest BCUT2D eigenvalue weighted by atomic mass is 16.6. The summed E-state index contributed by atoms with van der Waals surface area (Å²) in [4.78, 5) is 32.3. The van der Waals surface area contributed by atoms with Gasteiger partial charge in [-0.3, -0.25) is 9.59 Å². The molecule has 0 aromatic heterocycles. The number of likely N-dealkylation sites (tertiary alicyclic amines) is 1. The highest BCUT2D eigenvalue weighted by Crippen LogP contribution is 2.23. The monoisotopic (exact) mass is 373 g/mol. The second-order valence-electron chi connectivity index (χ2n) is 7.99. The number of hydrogen-bond donors (Lipinski definition) is 1. The van der Waals surface area contributed by atoms with Crippen LogP contribution in [0.1, 0.15) is 40.0 Å². The van der Waals surface area contributed by atoms with Gasteiger partial charge in [-0.15, -0.1) is 0 Å². The van der Waals surface area contributed by atoms with Crippen molar-refractivity contribution in [1.29, 1.82) is 0 Å². The van der Waals surface area contributed by atoms with Crippen LogP contribution in [0.5, 0.6) is 5.75 Å². The summed E-state index contributed by atoms with van der Waals surface area (Å²) in [5, 5.41) is 7.15. The Bertz CT molecular complexity index is 708. The number of ether oxygens (including phenoxy) is 1. The molecule has 1 saturated heterocycles. The number of carbonyl (C=O) groups is 2. The molecule has 1 aromatic rings. The average molecular weight is 373 g/mol. The predicted octanol–water partition coefficient (Wildman–Crippen LogP) is 2.12. The zero-order valence-electron chi connectivity index (χ0n) is 16.1. The van der Waals surface area contributed by atoms with E-state index in [1.54, 1.807) is 12.1 Å². The molecule has 3 rings (SSSR count). The van der Waals surface area contributed by atoms with E-state index in [0.29, 0.717) is 17.9 Å². The van der Waals surface area contributed by atoms with Gasteiger partial charge in [-0.1, -0.05) is 23.4 Å². The van der Waals surface area contributed by atoms with Gasteiger partial charge in [0.25, 0.3) is 5.91 Å². The molecule has 7 heteroatoms. The van der Waals surface area contributed by atoms with Crippen LogP contribution in [-0.2, 0) is 14.4 Å². The summed E-state index contributed by atoms with van der Waals surface area (Å²) in [6.45, 7) is 5.86. The first-order chi connectivity index (χ1) is 12.8. The summed E-state index contributed by atoms with van der Waals surface area (Å²) < 4.78 is 5.56. The fourth-order valence-electron chi connectivity index (χ4n) is 2.74. The maximum Gasteiger partial charge on any atom is 0.261 e. The van der Waals surface area contributed by atoms with E-state index in [4.69, 9.17) is 9.57 Å². The van der Waals surface area contributed by atoms with Gasteiger partial charge in [0.2, 0.25) is 5.91 Å². The number of benzene rings is 1. The summed E-state index contributed by atoms with van der Waals surface area (Å²) in [5.74, 6) is 0.247. The standard InChI is InChI=1S/C20H27N3O4/c1-20(2,3)27-22-15-11-17(19(25)21-14-9-10-14)23(12-15)18(24)13-26-16-7-5-4-6-8-16/h4-8,14,17H,9-13H2,1-3H3,(H,21,25)/t17-/m0/s1. The van der Waals surface area contributed by atoms with Gasteiger partial charge >= 0.3 is 0 Å². The van der Waals surface area contributed by atoms with Crippen LogP contribution < -0.4 is 10.1 Å². The number of nitrogens with one attached hydrogen (secondary N) is 1. The molecule has 0 unspecified atom stereocenters. The molecule has 1 N–H and O–H groups in total. The van der Waals surface area contributed by atoms with Crippen LogP contribution in [-0.4, -0.2) is 53.3 Å². The molecule has 1 aromatic carbocycles. The van der Waals surface area contributed by atoms with Crippen molar-refractivity contribution in [1.82, 2.24) is 10.2 Å². The van der Waals surface area contributed by atoms with Crippen molar-refractivity contribution in [2.75, 3.05) is 13.2 Å². The quantitative estimate of drug-likeness (QED) is 0.775. The second-order valence-corrected chi connectivity index (χ2v) is 7.99. The van der Waals surface area contributed by atoms with Crippen molar-refractivity contribution in [3.8, 4) is 5.75 Å². The summed E-state index contributed by atoms with van der Waals surface area (Å²) in [7, 11) is 0. The van der Waals surface area contributed by atoms with Crippen LogP contribution in [0.2, 0.25) is 0 Å². The van der Waals surface area contributed by atoms with Crippen molar-refractivity contribution in [3.63, 3.8) is 0 Å². The zero-order valence-corrected chi connectivity index (χ0v) is 16.1. The van der Waals surface area contributed by atoms with Crippen molar-refractivity contribution >= 4 is 17.5 Å². The summed E-state index contributed by atoms with van der Waals surface area (Å²) >= 11 is 0. The van der Waals surface area contributed by atoms with Crippen molar-refractivity contribution < 1.29 is 19.2 Å². The lowest BCUT2D eigenvalue weighted by molar-refractivity contribution is -0.139. The SMILES string of the molecule is CC(C)(C)ON=C1C[C@@H](C(=O)NC2CC2)N(C(=O)COc2ccccc2)C1. The first-order valence-electron chi connectivity index (χ1n) is 9.33. The molecule has 0 spiro atoms. The normalized spacial score (nSPS) is 21.2. The minimum absolute atomic E-state index is 0.120. The van der Waals surface area contributed by atoms with Crippen molar-refractivity contribution in [2.45, 2.75) is 57.7 Å². The summed E-state index contributed by atoms with van der Waals surface area (Å²) in [6, 6.07) is 8.82. The van der Waals surface area contributed by atoms with E-state index in [-0.39, 0.29) is 31.0 Å².